The average Bonchev–Trinajstić information content (AvgIpc) is 2.65. The minimum Gasteiger partial charge on any atom is -0.465 e. The molecule has 0 saturated carbocycles. The largest absolute Gasteiger partial charge is 0.465 e. The normalized spacial score (nSPS) is 13.3. The molecule has 25 heavy (non-hydrogen) atoms. The van der Waals surface area contributed by atoms with Crippen molar-refractivity contribution >= 4 is 29.3 Å². The molecule has 4 nitrogen and oxygen atoms in total. The van der Waals surface area contributed by atoms with Gasteiger partial charge in [-0.15, -0.1) is 11.8 Å². The first kappa shape index (κ1) is 17.5. The third-order valence-corrected chi connectivity index (χ3v) is 5.56. The zero-order valence-electron chi connectivity index (χ0n) is 14.5. The molecule has 3 rings (SSSR count). The van der Waals surface area contributed by atoms with Crippen molar-refractivity contribution in [1.29, 1.82) is 0 Å². The minimum atomic E-state index is -0.347. The lowest BCUT2D eigenvalue weighted by Crippen LogP contribution is -2.37. The summed E-state index contributed by atoms with van der Waals surface area (Å²) in [5, 5.41) is 0. The molecule has 1 amide bonds. The monoisotopic (exact) mass is 355 g/mol. The quantitative estimate of drug-likeness (QED) is 0.617. The second-order valence-corrected chi connectivity index (χ2v) is 7.02. The highest BCUT2D eigenvalue weighted by Gasteiger charge is 2.26. The van der Waals surface area contributed by atoms with Crippen molar-refractivity contribution in [3.8, 4) is 0 Å². The van der Waals surface area contributed by atoms with Gasteiger partial charge in [-0.1, -0.05) is 24.3 Å². The Morgan fingerprint density at radius 2 is 1.96 bits per heavy atom. The predicted molar refractivity (Wildman–Crippen MR) is 100 cm³/mol. The van der Waals surface area contributed by atoms with Gasteiger partial charge >= 0.3 is 5.97 Å². The maximum atomic E-state index is 12.8. The van der Waals surface area contributed by atoms with Crippen LogP contribution in [0.5, 0.6) is 0 Å². The maximum absolute atomic E-state index is 12.8. The third kappa shape index (κ3) is 3.71. The van der Waals surface area contributed by atoms with Gasteiger partial charge in [0.15, 0.2) is 0 Å². The van der Waals surface area contributed by atoms with E-state index in [2.05, 4.69) is 0 Å². The van der Waals surface area contributed by atoms with E-state index in [9.17, 15) is 9.59 Å². The number of thioether (sulfide) groups is 1. The molecule has 1 aliphatic rings. The number of fused-ring (bicyclic) bond motifs is 1. The summed E-state index contributed by atoms with van der Waals surface area (Å²) in [6.45, 7) is 2.73. The molecule has 0 atom stereocenters. The van der Waals surface area contributed by atoms with Gasteiger partial charge in [-0.3, -0.25) is 4.79 Å². The number of carbonyl (C=O) groups is 2. The molecule has 0 unspecified atom stereocenters. The second-order valence-electron chi connectivity index (χ2n) is 6.00. The number of benzene rings is 2. The molecule has 2 aromatic rings. The number of anilines is 1. The summed E-state index contributed by atoms with van der Waals surface area (Å²) >= 11 is 1.56. The Bertz CT molecular complexity index is 803. The average molecular weight is 355 g/mol. The smallest absolute Gasteiger partial charge is 0.338 e. The molecule has 130 valence electrons. The summed E-state index contributed by atoms with van der Waals surface area (Å²) in [5.74, 6) is 0.101. The van der Waals surface area contributed by atoms with Crippen LogP contribution < -0.4 is 4.90 Å². The zero-order chi connectivity index (χ0) is 17.8. The van der Waals surface area contributed by atoms with Crippen molar-refractivity contribution in [2.45, 2.75) is 24.7 Å². The lowest BCUT2D eigenvalue weighted by Gasteiger charge is -2.30. The number of amides is 1. The molecule has 5 heteroatoms. The molecule has 1 heterocycles. The number of nitrogens with zero attached hydrogens (tertiary/aromatic N) is 1. The van der Waals surface area contributed by atoms with Crippen molar-refractivity contribution in [2.24, 2.45) is 0 Å². The number of ether oxygens (including phenoxy) is 1. The van der Waals surface area contributed by atoms with E-state index in [0.29, 0.717) is 17.9 Å². The number of hydrogen-bond donors (Lipinski definition) is 0. The van der Waals surface area contributed by atoms with Crippen LogP contribution in [0.2, 0.25) is 0 Å². The summed E-state index contributed by atoms with van der Waals surface area (Å²) in [7, 11) is 1.38. The molecule has 0 bridgehead atoms. The van der Waals surface area contributed by atoms with Gasteiger partial charge in [0.25, 0.3) is 0 Å². The van der Waals surface area contributed by atoms with E-state index >= 15 is 0 Å². The molecule has 0 fully saturated rings. The molecule has 1 aliphatic heterocycles. The van der Waals surface area contributed by atoms with Crippen LogP contribution >= 0.6 is 11.8 Å². The van der Waals surface area contributed by atoms with E-state index in [1.165, 1.54) is 12.7 Å². The fourth-order valence-electron chi connectivity index (χ4n) is 3.12. The molecule has 0 aliphatic carbocycles. The Labute approximate surface area is 152 Å². The Balaban J connectivity index is 1.80. The highest BCUT2D eigenvalue weighted by molar-refractivity contribution is 8.00. The number of aryl methyl sites for hydroxylation is 1. The molecular formula is C20H21NO3S. The summed E-state index contributed by atoms with van der Waals surface area (Å²) in [6.07, 6.45) is 1.64. The lowest BCUT2D eigenvalue weighted by molar-refractivity contribution is -0.116. The van der Waals surface area contributed by atoms with Crippen molar-refractivity contribution < 1.29 is 14.3 Å². The van der Waals surface area contributed by atoms with Crippen LogP contribution in [0.3, 0.4) is 0 Å². The van der Waals surface area contributed by atoms with Crippen LogP contribution in [0.15, 0.2) is 47.4 Å². The van der Waals surface area contributed by atoms with Crippen LogP contribution in [0, 0.1) is 6.92 Å². The summed E-state index contributed by atoms with van der Waals surface area (Å²) < 4.78 is 4.87. The summed E-state index contributed by atoms with van der Waals surface area (Å²) in [6, 6.07) is 13.6. The number of esters is 1. The first-order valence-electron chi connectivity index (χ1n) is 8.31. The number of hydrogen-bond acceptors (Lipinski definition) is 4. The van der Waals surface area contributed by atoms with Crippen molar-refractivity contribution in [3.63, 3.8) is 0 Å². The third-order valence-electron chi connectivity index (χ3n) is 4.40. The molecular weight excluding hydrogens is 334 g/mol. The summed E-state index contributed by atoms with van der Waals surface area (Å²) in [4.78, 5) is 27.7. The molecule has 0 radical (unpaired) electrons. The number of methoxy groups -OCH3 is 1. The minimum absolute atomic E-state index is 0.0659. The Morgan fingerprint density at radius 1 is 1.16 bits per heavy atom. The van der Waals surface area contributed by atoms with Crippen LogP contribution in [0.1, 0.15) is 27.9 Å². The zero-order valence-corrected chi connectivity index (χ0v) is 15.3. The van der Waals surface area contributed by atoms with Crippen LogP contribution in [0.25, 0.3) is 0 Å². The Morgan fingerprint density at radius 3 is 2.72 bits per heavy atom. The fourth-order valence-corrected chi connectivity index (χ4v) is 4.03. The van der Waals surface area contributed by atoms with Gasteiger partial charge in [0.2, 0.25) is 5.91 Å². The topological polar surface area (TPSA) is 46.6 Å². The Kier molecular flexibility index (Phi) is 5.43. The molecule has 0 saturated heterocycles. The van der Waals surface area contributed by atoms with Gasteiger partial charge in [0.1, 0.15) is 0 Å². The second kappa shape index (κ2) is 7.74. The molecule has 0 aromatic heterocycles. The van der Waals surface area contributed by atoms with Crippen molar-refractivity contribution in [2.75, 3.05) is 24.3 Å². The van der Waals surface area contributed by atoms with Gasteiger partial charge in [-0.05, 0) is 49.1 Å². The maximum Gasteiger partial charge on any atom is 0.338 e. The Hall–Kier alpha value is -2.27. The SMILES string of the molecule is COC(=O)c1cccc2c1CCCN2C(=O)CSc1ccccc1C. The summed E-state index contributed by atoms with van der Waals surface area (Å²) in [5.41, 5.74) is 3.48. The highest BCUT2D eigenvalue weighted by Crippen LogP contribution is 2.31. The van der Waals surface area contributed by atoms with Crippen LogP contribution in [-0.4, -0.2) is 31.3 Å². The van der Waals surface area contributed by atoms with E-state index in [0.717, 1.165) is 29.0 Å². The van der Waals surface area contributed by atoms with Gasteiger partial charge in [-0.25, -0.2) is 4.79 Å². The van der Waals surface area contributed by atoms with Gasteiger partial charge in [0, 0.05) is 17.1 Å². The van der Waals surface area contributed by atoms with Gasteiger partial charge in [-0.2, -0.15) is 0 Å². The lowest BCUT2D eigenvalue weighted by atomic mass is 9.96. The number of rotatable bonds is 4. The number of carbonyl (C=O) groups excluding carboxylic acids is 2. The molecule has 0 N–H and O–H groups in total. The molecule has 2 aromatic carbocycles. The van der Waals surface area contributed by atoms with E-state index in [1.807, 2.05) is 43.3 Å². The van der Waals surface area contributed by atoms with Crippen LogP contribution in [0.4, 0.5) is 5.69 Å². The van der Waals surface area contributed by atoms with E-state index in [-0.39, 0.29) is 11.9 Å². The van der Waals surface area contributed by atoms with Crippen molar-refractivity contribution in [1.82, 2.24) is 0 Å². The predicted octanol–water partition coefficient (Wildman–Crippen LogP) is 3.85. The molecule has 0 spiro atoms. The highest BCUT2D eigenvalue weighted by atomic mass is 32.2. The van der Waals surface area contributed by atoms with Gasteiger partial charge in [0.05, 0.1) is 18.4 Å². The standard InChI is InChI=1S/C20H21NO3S/c1-14-7-3-4-11-18(14)25-13-19(22)21-12-6-9-15-16(20(23)24-2)8-5-10-17(15)21/h3-5,7-8,10-11H,6,9,12-13H2,1-2H3. The van der Waals surface area contributed by atoms with E-state index < -0.39 is 0 Å². The van der Waals surface area contributed by atoms with Crippen LogP contribution in [-0.2, 0) is 16.0 Å². The van der Waals surface area contributed by atoms with Gasteiger partial charge < -0.3 is 9.64 Å². The fraction of sp³-hybridized carbons (Fsp3) is 0.300. The first-order valence-corrected chi connectivity index (χ1v) is 9.29. The van der Waals surface area contributed by atoms with Crippen molar-refractivity contribution in [3.05, 3.63) is 59.2 Å². The first-order chi connectivity index (χ1) is 12.1. The van der Waals surface area contributed by atoms with E-state index in [1.54, 1.807) is 22.7 Å². The van der Waals surface area contributed by atoms with E-state index in [4.69, 9.17) is 4.74 Å².